The Labute approximate surface area is 144 Å². The molecule has 23 heavy (non-hydrogen) atoms. The molecule has 2 aromatic carbocycles. The van der Waals surface area contributed by atoms with Crippen LogP contribution in [-0.4, -0.2) is 20.2 Å². The largest absolute Gasteiger partial charge is 0.493 e. The Morgan fingerprint density at radius 3 is 2.65 bits per heavy atom. The van der Waals surface area contributed by atoms with Crippen molar-refractivity contribution in [2.45, 2.75) is 13.5 Å². The maximum atomic E-state index is 5.94. The summed E-state index contributed by atoms with van der Waals surface area (Å²) in [5.41, 5.74) is 8.98. The van der Waals surface area contributed by atoms with Crippen LogP contribution in [0.3, 0.4) is 0 Å². The molecule has 0 saturated carbocycles. The third-order valence-corrected chi connectivity index (χ3v) is 3.80. The van der Waals surface area contributed by atoms with Crippen LogP contribution in [-0.2, 0) is 6.54 Å². The quantitative estimate of drug-likeness (QED) is 0.615. The van der Waals surface area contributed by atoms with Gasteiger partial charge >= 0.3 is 0 Å². The molecular formula is C17H20BrN3O2. The van der Waals surface area contributed by atoms with E-state index in [9.17, 15) is 0 Å². The number of hydrogen-bond acceptors (Lipinski definition) is 3. The van der Waals surface area contributed by atoms with Crippen LogP contribution >= 0.6 is 15.9 Å². The third-order valence-electron chi connectivity index (χ3n) is 3.22. The summed E-state index contributed by atoms with van der Waals surface area (Å²) in [7, 11) is 3.20. The predicted molar refractivity (Wildman–Crippen MR) is 97.4 cm³/mol. The monoisotopic (exact) mass is 377 g/mol. The molecule has 5 nitrogen and oxygen atoms in total. The second-order valence-electron chi connectivity index (χ2n) is 5.01. The minimum absolute atomic E-state index is 0.363. The summed E-state index contributed by atoms with van der Waals surface area (Å²) in [6, 6.07) is 11.8. The Bertz CT molecular complexity index is 717. The van der Waals surface area contributed by atoms with E-state index in [1.54, 1.807) is 14.2 Å². The number of hydrogen-bond donors (Lipinski definition) is 2. The zero-order valence-corrected chi connectivity index (χ0v) is 15.0. The van der Waals surface area contributed by atoms with Gasteiger partial charge in [-0.25, -0.2) is 4.99 Å². The van der Waals surface area contributed by atoms with Gasteiger partial charge in [-0.05, 0) is 58.2 Å². The van der Waals surface area contributed by atoms with Crippen molar-refractivity contribution in [2.75, 3.05) is 19.5 Å². The number of nitrogens with one attached hydrogen (secondary N) is 1. The van der Waals surface area contributed by atoms with Crippen molar-refractivity contribution in [3.05, 3.63) is 52.0 Å². The van der Waals surface area contributed by atoms with Crippen molar-refractivity contribution >= 4 is 27.6 Å². The standard InChI is InChI=1S/C17H20BrN3O2/c1-11-5-4-6-13(7-11)21-17(19)20-10-12-8-14(18)16(23-3)15(9-12)22-2/h4-9H,10H2,1-3H3,(H3,19,20,21). The maximum absolute atomic E-state index is 5.94. The Hall–Kier alpha value is -2.21. The van der Waals surface area contributed by atoms with Gasteiger partial charge in [0, 0.05) is 5.69 Å². The lowest BCUT2D eigenvalue weighted by Crippen LogP contribution is -2.22. The molecule has 0 atom stereocenters. The highest BCUT2D eigenvalue weighted by atomic mass is 79.9. The molecule has 2 aromatic rings. The van der Waals surface area contributed by atoms with Crippen LogP contribution in [0.4, 0.5) is 5.69 Å². The first-order chi connectivity index (χ1) is 11.0. The van der Waals surface area contributed by atoms with Gasteiger partial charge in [-0.2, -0.15) is 0 Å². The number of ether oxygens (including phenoxy) is 2. The first-order valence-corrected chi connectivity index (χ1v) is 7.86. The van der Waals surface area contributed by atoms with Crippen molar-refractivity contribution in [1.82, 2.24) is 0 Å². The summed E-state index contributed by atoms with van der Waals surface area (Å²) in [6.07, 6.45) is 0. The zero-order valence-electron chi connectivity index (χ0n) is 13.4. The van der Waals surface area contributed by atoms with E-state index in [1.807, 2.05) is 43.3 Å². The number of rotatable bonds is 5. The summed E-state index contributed by atoms with van der Waals surface area (Å²) in [4.78, 5) is 4.36. The SMILES string of the molecule is COc1cc(CN=C(N)Nc2cccc(C)c2)cc(Br)c1OC. The molecule has 6 heteroatoms. The Kier molecular flexibility index (Phi) is 5.87. The van der Waals surface area contributed by atoms with Gasteiger partial charge in [0.1, 0.15) is 0 Å². The number of nitrogens with two attached hydrogens (primary N) is 1. The first-order valence-electron chi connectivity index (χ1n) is 7.07. The molecule has 0 bridgehead atoms. The van der Waals surface area contributed by atoms with E-state index in [1.165, 1.54) is 0 Å². The van der Waals surface area contributed by atoms with E-state index >= 15 is 0 Å². The summed E-state index contributed by atoms with van der Waals surface area (Å²) < 4.78 is 11.4. The molecule has 0 saturated heterocycles. The van der Waals surface area contributed by atoms with E-state index in [4.69, 9.17) is 15.2 Å². The number of benzene rings is 2. The van der Waals surface area contributed by atoms with Gasteiger partial charge < -0.3 is 20.5 Å². The molecular weight excluding hydrogens is 358 g/mol. The molecule has 0 radical (unpaired) electrons. The number of aliphatic imine (C=N–C) groups is 1. The molecule has 0 heterocycles. The summed E-state index contributed by atoms with van der Waals surface area (Å²) in [6.45, 7) is 2.46. The number of anilines is 1. The number of nitrogens with zero attached hydrogens (tertiary/aromatic N) is 1. The minimum Gasteiger partial charge on any atom is -0.493 e. The van der Waals surface area contributed by atoms with Gasteiger partial charge in [-0.1, -0.05) is 12.1 Å². The molecule has 2 rings (SSSR count). The van der Waals surface area contributed by atoms with Crippen LogP contribution in [0.15, 0.2) is 45.9 Å². The van der Waals surface area contributed by atoms with Crippen LogP contribution in [0.25, 0.3) is 0 Å². The molecule has 0 aromatic heterocycles. The first kappa shape index (κ1) is 17.1. The second-order valence-corrected chi connectivity index (χ2v) is 5.86. The highest BCUT2D eigenvalue weighted by Crippen LogP contribution is 2.36. The number of guanidine groups is 1. The van der Waals surface area contributed by atoms with Crippen molar-refractivity contribution in [2.24, 2.45) is 10.7 Å². The third kappa shape index (κ3) is 4.63. The van der Waals surface area contributed by atoms with Crippen molar-refractivity contribution in [1.29, 1.82) is 0 Å². The molecule has 0 fully saturated rings. The number of halogens is 1. The van der Waals surface area contributed by atoms with Gasteiger partial charge in [0.2, 0.25) is 0 Å². The molecule has 0 amide bonds. The molecule has 0 spiro atoms. The van der Waals surface area contributed by atoms with E-state index < -0.39 is 0 Å². The number of aryl methyl sites for hydroxylation is 1. The van der Waals surface area contributed by atoms with E-state index in [0.29, 0.717) is 24.0 Å². The van der Waals surface area contributed by atoms with Gasteiger partial charge in [-0.15, -0.1) is 0 Å². The van der Waals surface area contributed by atoms with Crippen molar-refractivity contribution in [3.63, 3.8) is 0 Å². The fourth-order valence-electron chi connectivity index (χ4n) is 2.15. The molecule has 0 unspecified atom stereocenters. The van der Waals surface area contributed by atoms with Crippen molar-refractivity contribution < 1.29 is 9.47 Å². The van der Waals surface area contributed by atoms with Crippen molar-refractivity contribution in [3.8, 4) is 11.5 Å². The Morgan fingerprint density at radius 1 is 1.22 bits per heavy atom. The second kappa shape index (κ2) is 7.87. The lowest BCUT2D eigenvalue weighted by molar-refractivity contribution is 0.352. The zero-order chi connectivity index (χ0) is 16.8. The topological polar surface area (TPSA) is 68.9 Å². The van der Waals surface area contributed by atoms with Gasteiger partial charge in [0.25, 0.3) is 0 Å². The van der Waals surface area contributed by atoms with E-state index in [-0.39, 0.29) is 0 Å². The average Bonchev–Trinajstić information content (AvgIpc) is 2.52. The average molecular weight is 378 g/mol. The van der Waals surface area contributed by atoms with Gasteiger partial charge in [-0.3, -0.25) is 0 Å². The van der Waals surface area contributed by atoms with Crippen LogP contribution in [0.1, 0.15) is 11.1 Å². The lowest BCUT2D eigenvalue weighted by atomic mass is 10.2. The van der Waals surface area contributed by atoms with Gasteiger partial charge in [0.15, 0.2) is 17.5 Å². The van der Waals surface area contributed by atoms with Crippen LogP contribution in [0, 0.1) is 6.92 Å². The van der Waals surface area contributed by atoms with Gasteiger partial charge in [0.05, 0.1) is 25.2 Å². The van der Waals surface area contributed by atoms with E-state index in [2.05, 4.69) is 26.2 Å². The molecule has 3 N–H and O–H groups in total. The molecule has 0 aliphatic rings. The van der Waals surface area contributed by atoms with E-state index in [0.717, 1.165) is 21.3 Å². The molecule has 0 aliphatic heterocycles. The summed E-state index contributed by atoms with van der Waals surface area (Å²) in [5.74, 6) is 1.67. The van der Waals surface area contributed by atoms with Crippen LogP contribution < -0.4 is 20.5 Å². The number of methoxy groups -OCH3 is 2. The highest BCUT2D eigenvalue weighted by molar-refractivity contribution is 9.10. The smallest absolute Gasteiger partial charge is 0.193 e. The predicted octanol–water partition coefficient (Wildman–Crippen LogP) is 3.70. The van der Waals surface area contributed by atoms with Crippen LogP contribution in [0.5, 0.6) is 11.5 Å². The maximum Gasteiger partial charge on any atom is 0.193 e. The molecule has 0 aliphatic carbocycles. The Morgan fingerprint density at radius 2 is 2.00 bits per heavy atom. The Balaban J connectivity index is 2.11. The summed E-state index contributed by atoms with van der Waals surface area (Å²) >= 11 is 3.47. The highest BCUT2D eigenvalue weighted by Gasteiger charge is 2.10. The normalized spacial score (nSPS) is 11.2. The summed E-state index contributed by atoms with van der Waals surface area (Å²) in [5, 5.41) is 3.08. The fraction of sp³-hybridized carbons (Fsp3) is 0.235. The molecule has 122 valence electrons. The van der Waals surface area contributed by atoms with Crippen LogP contribution in [0.2, 0.25) is 0 Å². The minimum atomic E-state index is 0.363. The lowest BCUT2D eigenvalue weighted by Gasteiger charge is -2.11. The fourth-order valence-corrected chi connectivity index (χ4v) is 2.80.